The van der Waals surface area contributed by atoms with E-state index in [0.717, 1.165) is 12.1 Å². The molecule has 0 unspecified atom stereocenters. The van der Waals surface area contributed by atoms with E-state index in [1.807, 2.05) is 13.1 Å². The summed E-state index contributed by atoms with van der Waals surface area (Å²) in [6.07, 6.45) is 6.46. The van der Waals surface area contributed by atoms with Crippen molar-refractivity contribution in [2.45, 2.75) is 13.5 Å². The van der Waals surface area contributed by atoms with Gasteiger partial charge in [0.2, 0.25) is 5.24 Å². The molecule has 0 amide bonds. The first-order chi connectivity index (χ1) is 5.72. The van der Waals surface area contributed by atoms with Crippen LogP contribution in [0, 0.1) is 0 Å². The number of carbonyl (C=O) groups excluding carboxylic acids is 1. The zero-order valence-corrected chi connectivity index (χ0v) is 7.45. The number of hydrogen-bond donors (Lipinski definition) is 0. The van der Waals surface area contributed by atoms with Crippen LogP contribution in [0.5, 0.6) is 0 Å². The van der Waals surface area contributed by atoms with Gasteiger partial charge in [0, 0.05) is 18.3 Å². The fourth-order valence-corrected chi connectivity index (χ4v) is 0.863. The summed E-state index contributed by atoms with van der Waals surface area (Å²) in [6.45, 7) is 2.82. The van der Waals surface area contributed by atoms with E-state index in [-0.39, 0.29) is 0 Å². The molecule has 0 aliphatic heterocycles. The fourth-order valence-electron chi connectivity index (χ4n) is 0.800. The second-order valence-corrected chi connectivity index (χ2v) is 2.64. The van der Waals surface area contributed by atoms with Crippen LogP contribution >= 0.6 is 11.6 Å². The molecule has 0 aliphatic rings. The minimum Gasteiger partial charge on any atom is -0.276 e. The Morgan fingerprint density at radius 3 is 3.08 bits per heavy atom. The van der Waals surface area contributed by atoms with Crippen LogP contribution in [0.4, 0.5) is 0 Å². The molecule has 3 nitrogen and oxygen atoms in total. The third-order valence-electron chi connectivity index (χ3n) is 1.38. The first-order valence-corrected chi connectivity index (χ1v) is 4.00. The Morgan fingerprint density at radius 1 is 1.83 bits per heavy atom. The summed E-state index contributed by atoms with van der Waals surface area (Å²) in [5.74, 6) is 0. The minimum absolute atomic E-state index is 0.473. The average molecular weight is 185 g/mol. The molecule has 1 aromatic rings. The molecule has 0 radical (unpaired) electrons. The third kappa shape index (κ3) is 2.51. The van der Waals surface area contributed by atoms with E-state index in [0.29, 0.717) is 0 Å². The molecular weight excluding hydrogens is 176 g/mol. The predicted octanol–water partition coefficient (Wildman–Crippen LogP) is 1.68. The van der Waals surface area contributed by atoms with Gasteiger partial charge >= 0.3 is 0 Å². The maximum atomic E-state index is 10.3. The standard InChI is InChI=1S/C8H9ClN2O/c1-2-11-6-7(5-10-11)3-4-8(9)12/h3-6H,2H2,1H3/b4-3+. The van der Waals surface area contributed by atoms with Gasteiger partial charge in [-0.05, 0) is 30.7 Å². The second-order valence-electron chi connectivity index (χ2n) is 2.27. The van der Waals surface area contributed by atoms with Gasteiger partial charge < -0.3 is 0 Å². The van der Waals surface area contributed by atoms with E-state index < -0.39 is 5.24 Å². The molecule has 0 saturated heterocycles. The van der Waals surface area contributed by atoms with Gasteiger partial charge in [0.1, 0.15) is 0 Å². The molecule has 64 valence electrons. The highest BCUT2D eigenvalue weighted by Gasteiger charge is 1.92. The molecule has 0 fully saturated rings. The lowest BCUT2D eigenvalue weighted by molar-refractivity contribution is -0.107. The molecule has 0 spiro atoms. The van der Waals surface area contributed by atoms with Crippen LogP contribution in [0.1, 0.15) is 12.5 Å². The minimum atomic E-state index is -0.473. The van der Waals surface area contributed by atoms with Crippen molar-refractivity contribution < 1.29 is 4.79 Å². The Labute approximate surface area is 75.6 Å². The number of nitrogens with zero attached hydrogens (tertiary/aromatic N) is 2. The van der Waals surface area contributed by atoms with Gasteiger partial charge in [-0.2, -0.15) is 5.10 Å². The first-order valence-electron chi connectivity index (χ1n) is 3.62. The van der Waals surface area contributed by atoms with Gasteiger partial charge in [-0.25, -0.2) is 0 Å². The molecule has 0 aliphatic carbocycles. The van der Waals surface area contributed by atoms with Crippen molar-refractivity contribution in [1.29, 1.82) is 0 Å². The highest BCUT2D eigenvalue weighted by Crippen LogP contribution is 2.00. The van der Waals surface area contributed by atoms with Crippen molar-refractivity contribution in [3.05, 3.63) is 24.0 Å². The number of allylic oxidation sites excluding steroid dienone is 1. The van der Waals surface area contributed by atoms with Crippen molar-refractivity contribution in [2.24, 2.45) is 0 Å². The Kier molecular flexibility index (Phi) is 3.05. The number of halogens is 1. The van der Waals surface area contributed by atoms with E-state index in [2.05, 4.69) is 5.10 Å². The van der Waals surface area contributed by atoms with Crippen LogP contribution < -0.4 is 0 Å². The van der Waals surface area contributed by atoms with Crippen molar-refractivity contribution in [1.82, 2.24) is 9.78 Å². The molecule has 1 rings (SSSR count). The molecule has 0 bridgehead atoms. The van der Waals surface area contributed by atoms with Gasteiger partial charge in [0.25, 0.3) is 0 Å². The average Bonchev–Trinajstić information content (AvgIpc) is 2.48. The van der Waals surface area contributed by atoms with Crippen LogP contribution in [-0.4, -0.2) is 15.0 Å². The summed E-state index contributed by atoms with van der Waals surface area (Å²) in [6, 6.07) is 0. The van der Waals surface area contributed by atoms with Gasteiger partial charge in [-0.15, -0.1) is 0 Å². The van der Waals surface area contributed by atoms with Gasteiger partial charge in [0.05, 0.1) is 6.20 Å². The number of hydrogen-bond acceptors (Lipinski definition) is 2. The molecule has 0 atom stereocenters. The highest BCUT2D eigenvalue weighted by atomic mass is 35.5. The molecule has 1 aromatic heterocycles. The summed E-state index contributed by atoms with van der Waals surface area (Å²) < 4.78 is 1.78. The van der Waals surface area contributed by atoms with E-state index in [4.69, 9.17) is 11.6 Å². The molecule has 1 heterocycles. The van der Waals surface area contributed by atoms with Crippen molar-refractivity contribution in [3.8, 4) is 0 Å². The first kappa shape index (κ1) is 9.00. The largest absolute Gasteiger partial charge is 0.276 e. The molecule has 0 saturated carbocycles. The summed E-state index contributed by atoms with van der Waals surface area (Å²) in [7, 11) is 0. The maximum Gasteiger partial charge on any atom is 0.245 e. The highest BCUT2D eigenvalue weighted by molar-refractivity contribution is 6.66. The van der Waals surface area contributed by atoms with Crippen molar-refractivity contribution in [3.63, 3.8) is 0 Å². The summed E-state index contributed by atoms with van der Waals surface area (Å²) >= 11 is 5.12. The van der Waals surface area contributed by atoms with E-state index in [1.54, 1.807) is 17.0 Å². The van der Waals surface area contributed by atoms with Crippen LogP contribution in [0.2, 0.25) is 0 Å². The third-order valence-corrected chi connectivity index (χ3v) is 1.51. The molecule has 0 N–H and O–H groups in total. The molecule has 4 heteroatoms. The van der Waals surface area contributed by atoms with Gasteiger partial charge in [-0.3, -0.25) is 9.48 Å². The zero-order chi connectivity index (χ0) is 8.97. The predicted molar refractivity (Wildman–Crippen MR) is 47.8 cm³/mol. The monoisotopic (exact) mass is 184 g/mol. The molecular formula is C8H9ClN2O. The maximum absolute atomic E-state index is 10.3. The number of carbonyl (C=O) groups is 1. The SMILES string of the molecule is CCn1cc(/C=C/C(=O)Cl)cn1. The van der Waals surface area contributed by atoms with Crippen molar-refractivity contribution >= 4 is 22.9 Å². The Bertz CT molecular complexity index is 304. The lowest BCUT2D eigenvalue weighted by Crippen LogP contribution is -1.91. The Hall–Kier alpha value is -1.09. The Morgan fingerprint density at radius 2 is 2.58 bits per heavy atom. The lowest BCUT2D eigenvalue weighted by Gasteiger charge is -1.88. The lowest BCUT2D eigenvalue weighted by atomic mass is 10.3. The van der Waals surface area contributed by atoms with E-state index in [9.17, 15) is 4.79 Å². The number of aromatic nitrogens is 2. The van der Waals surface area contributed by atoms with E-state index >= 15 is 0 Å². The summed E-state index contributed by atoms with van der Waals surface area (Å²) in [5, 5.41) is 3.55. The van der Waals surface area contributed by atoms with Crippen LogP contribution in [0.15, 0.2) is 18.5 Å². The van der Waals surface area contributed by atoms with Crippen LogP contribution in [-0.2, 0) is 11.3 Å². The van der Waals surface area contributed by atoms with E-state index in [1.165, 1.54) is 6.08 Å². The van der Waals surface area contributed by atoms with Gasteiger partial charge in [0.15, 0.2) is 0 Å². The van der Waals surface area contributed by atoms with Gasteiger partial charge in [-0.1, -0.05) is 0 Å². The summed E-state index contributed by atoms with van der Waals surface area (Å²) in [5.41, 5.74) is 0.880. The Balaban J connectivity index is 2.70. The fraction of sp³-hybridized carbons (Fsp3) is 0.250. The number of rotatable bonds is 3. The van der Waals surface area contributed by atoms with Crippen molar-refractivity contribution in [2.75, 3.05) is 0 Å². The zero-order valence-electron chi connectivity index (χ0n) is 6.70. The van der Waals surface area contributed by atoms with Crippen LogP contribution in [0.3, 0.4) is 0 Å². The summed E-state index contributed by atoms with van der Waals surface area (Å²) in [4.78, 5) is 10.3. The molecule has 0 aromatic carbocycles. The second kappa shape index (κ2) is 4.07. The molecule has 12 heavy (non-hydrogen) atoms. The topological polar surface area (TPSA) is 34.9 Å². The number of aryl methyl sites for hydroxylation is 1. The smallest absolute Gasteiger partial charge is 0.245 e. The van der Waals surface area contributed by atoms with Crippen LogP contribution in [0.25, 0.3) is 6.08 Å². The quantitative estimate of drug-likeness (QED) is 0.529. The normalized spacial score (nSPS) is 10.8.